The fourth-order valence-electron chi connectivity index (χ4n) is 1.93. The number of anilines is 1. The van der Waals surface area contributed by atoms with Gasteiger partial charge in [-0.1, -0.05) is 41.2 Å². The molecule has 0 saturated carbocycles. The lowest BCUT2D eigenvalue weighted by atomic mass is 10.1. The standard InChI is InChI=1S/C12H11N3OS3/c1-7-2-4-8(5-3-7)10-15(9(16)6-18-10)11-13-14-12(17)19-11/h2-5,10H,6H2,1H3,(H,14,17). The predicted molar refractivity (Wildman–Crippen MR) is 81.2 cm³/mol. The molecule has 1 N–H and O–H groups in total. The zero-order chi connectivity index (χ0) is 13.4. The summed E-state index contributed by atoms with van der Waals surface area (Å²) >= 11 is 7.98. The van der Waals surface area contributed by atoms with Crippen molar-refractivity contribution in [1.29, 1.82) is 0 Å². The van der Waals surface area contributed by atoms with Crippen LogP contribution in [0.1, 0.15) is 16.5 Å². The molecule has 1 aliphatic heterocycles. The molecule has 19 heavy (non-hydrogen) atoms. The van der Waals surface area contributed by atoms with Crippen molar-refractivity contribution in [3.8, 4) is 0 Å². The highest BCUT2D eigenvalue weighted by Gasteiger charge is 2.35. The summed E-state index contributed by atoms with van der Waals surface area (Å²) < 4.78 is 0.586. The van der Waals surface area contributed by atoms with Crippen LogP contribution in [0.3, 0.4) is 0 Å². The van der Waals surface area contributed by atoms with Crippen LogP contribution in [0.25, 0.3) is 0 Å². The molecule has 98 valence electrons. The van der Waals surface area contributed by atoms with E-state index in [1.165, 1.54) is 16.9 Å². The van der Waals surface area contributed by atoms with Crippen LogP contribution in [0.5, 0.6) is 0 Å². The first-order valence-electron chi connectivity index (χ1n) is 5.71. The number of hydrogen-bond acceptors (Lipinski definition) is 5. The lowest BCUT2D eigenvalue weighted by molar-refractivity contribution is -0.115. The number of aromatic amines is 1. The third kappa shape index (κ3) is 2.45. The summed E-state index contributed by atoms with van der Waals surface area (Å²) in [5, 5.41) is 7.48. The average molecular weight is 309 g/mol. The summed E-state index contributed by atoms with van der Waals surface area (Å²) in [7, 11) is 0. The van der Waals surface area contributed by atoms with Crippen molar-refractivity contribution in [3.05, 3.63) is 39.3 Å². The van der Waals surface area contributed by atoms with Gasteiger partial charge in [0.1, 0.15) is 5.37 Å². The topological polar surface area (TPSA) is 49.0 Å². The number of aromatic nitrogens is 2. The summed E-state index contributed by atoms with van der Waals surface area (Å²) in [4.78, 5) is 13.8. The lowest BCUT2D eigenvalue weighted by Crippen LogP contribution is -2.27. The van der Waals surface area contributed by atoms with Crippen molar-refractivity contribution in [3.63, 3.8) is 0 Å². The molecule has 2 heterocycles. The number of H-pyrrole nitrogens is 1. The molecule has 1 atom stereocenters. The molecule has 4 nitrogen and oxygen atoms in total. The quantitative estimate of drug-likeness (QED) is 0.865. The number of aryl methyl sites for hydroxylation is 1. The molecule has 0 spiro atoms. The first kappa shape index (κ1) is 12.8. The van der Waals surface area contributed by atoms with E-state index in [0.29, 0.717) is 14.8 Å². The van der Waals surface area contributed by atoms with Crippen LogP contribution >= 0.6 is 35.3 Å². The molecule has 1 amide bonds. The highest BCUT2D eigenvalue weighted by atomic mass is 32.2. The van der Waals surface area contributed by atoms with Gasteiger partial charge in [0.15, 0.2) is 3.95 Å². The first-order valence-corrected chi connectivity index (χ1v) is 7.98. The maximum atomic E-state index is 12.1. The smallest absolute Gasteiger partial charge is 0.240 e. The Kier molecular flexibility index (Phi) is 3.42. The first-order chi connectivity index (χ1) is 9.15. The molecule has 3 rings (SSSR count). The molecule has 7 heteroatoms. The molecule has 1 aliphatic rings. The Labute approximate surface area is 123 Å². The second-order valence-corrected chi connectivity index (χ2v) is 6.95. The summed E-state index contributed by atoms with van der Waals surface area (Å²) in [6.07, 6.45) is 0. The minimum atomic E-state index is -0.0120. The lowest BCUT2D eigenvalue weighted by Gasteiger charge is -2.21. The van der Waals surface area contributed by atoms with Gasteiger partial charge in [-0.3, -0.25) is 14.8 Å². The number of rotatable bonds is 2. The number of benzene rings is 1. The monoisotopic (exact) mass is 309 g/mol. The molecule has 1 aromatic carbocycles. The van der Waals surface area contributed by atoms with Crippen LogP contribution < -0.4 is 4.90 Å². The van der Waals surface area contributed by atoms with E-state index in [1.807, 2.05) is 6.92 Å². The van der Waals surface area contributed by atoms with Crippen molar-refractivity contribution in [2.75, 3.05) is 10.7 Å². The SMILES string of the molecule is Cc1ccc(C2SCC(=O)N2c2n[nH]c(=S)s2)cc1. The number of carbonyl (C=O) groups excluding carboxylic acids is 1. The van der Waals surface area contributed by atoms with Crippen LogP contribution in [0, 0.1) is 10.9 Å². The average Bonchev–Trinajstić information content (AvgIpc) is 2.96. The van der Waals surface area contributed by atoms with Gasteiger partial charge < -0.3 is 0 Å². The van der Waals surface area contributed by atoms with Gasteiger partial charge in [-0.15, -0.1) is 16.9 Å². The number of nitrogens with zero attached hydrogens (tertiary/aromatic N) is 2. The van der Waals surface area contributed by atoms with E-state index in [1.54, 1.807) is 16.7 Å². The number of nitrogens with one attached hydrogen (secondary N) is 1. The Hall–Kier alpha value is -1.18. The minimum Gasteiger partial charge on any atom is -0.273 e. The van der Waals surface area contributed by atoms with Gasteiger partial charge in [-0.2, -0.15) is 0 Å². The van der Waals surface area contributed by atoms with Crippen LogP contribution in [0.2, 0.25) is 0 Å². The summed E-state index contributed by atoms with van der Waals surface area (Å²) in [6, 6.07) is 8.24. The Balaban J connectivity index is 1.98. The van der Waals surface area contributed by atoms with E-state index in [9.17, 15) is 4.79 Å². The van der Waals surface area contributed by atoms with Crippen molar-refractivity contribution in [2.45, 2.75) is 12.3 Å². The van der Waals surface area contributed by atoms with Crippen LogP contribution in [-0.4, -0.2) is 21.9 Å². The molecule has 1 unspecified atom stereocenters. The predicted octanol–water partition coefficient (Wildman–Crippen LogP) is 3.29. The molecule has 1 aromatic heterocycles. The number of hydrogen-bond donors (Lipinski definition) is 1. The van der Waals surface area contributed by atoms with Gasteiger partial charge in [-0.05, 0) is 24.7 Å². The third-order valence-corrected chi connectivity index (χ3v) is 5.16. The molecule has 0 aliphatic carbocycles. The van der Waals surface area contributed by atoms with Crippen LogP contribution in [-0.2, 0) is 4.79 Å². The normalized spacial score (nSPS) is 19.1. The Morgan fingerprint density at radius 3 is 2.79 bits per heavy atom. The summed E-state index contributed by atoms with van der Waals surface area (Å²) in [5.74, 6) is 0.554. The van der Waals surface area contributed by atoms with Crippen LogP contribution in [0.15, 0.2) is 24.3 Å². The minimum absolute atomic E-state index is 0.0120. The second kappa shape index (κ2) is 5.07. The number of thioether (sulfide) groups is 1. The third-order valence-electron chi connectivity index (χ3n) is 2.86. The van der Waals surface area contributed by atoms with E-state index < -0.39 is 0 Å². The van der Waals surface area contributed by atoms with E-state index in [-0.39, 0.29) is 11.3 Å². The maximum absolute atomic E-state index is 12.1. The molecule has 0 radical (unpaired) electrons. The molecule has 1 fully saturated rings. The van der Waals surface area contributed by atoms with E-state index in [4.69, 9.17) is 12.2 Å². The largest absolute Gasteiger partial charge is 0.273 e. The maximum Gasteiger partial charge on any atom is 0.240 e. The van der Waals surface area contributed by atoms with Gasteiger partial charge in [-0.25, -0.2) is 0 Å². The van der Waals surface area contributed by atoms with Gasteiger partial charge in [0.05, 0.1) is 5.75 Å². The summed E-state index contributed by atoms with van der Waals surface area (Å²) in [5.41, 5.74) is 2.32. The Morgan fingerprint density at radius 2 is 2.16 bits per heavy atom. The van der Waals surface area contributed by atoms with E-state index in [0.717, 1.165) is 5.56 Å². The van der Waals surface area contributed by atoms with Crippen molar-refractivity contribution in [2.24, 2.45) is 0 Å². The second-order valence-electron chi connectivity index (χ2n) is 4.23. The highest BCUT2D eigenvalue weighted by molar-refractivity contribution is 8.00. The van der Waals surface area contributed by atoms with E-state index in [2.05, 4.69) is 34.5 Å². The van der Waals surface area contributed by atoms with Gasteiger partial charge in [0.25, 0.3) is 0 Å². The number of amides is 1. The Morgan fingerprint density at radius 1 is 1.42 bits per heavy atom. The van der Waals surface area contributed by atoms with Crippen molar-refractivity contribution in [1.82, 2.24) is 10.2 Å². The fraction of sp³-hybridized carbons (Fsp3) is 0.250. The highest BCUT2D eigenvalue weighted by Crippen LogP contribution is 2.42. The summed E-state index contributed by atoms with van der Waals surface area (Å²) in [6.45, 7) is 2.05. The molecule has 2 aromatic rings. The van der Waals surface area contributed by atoms with E-state index >= 15 is 0 Å². The number of carbonyl (C=O) groups is 1. The van der Waals surface area contributed by atoms with Crippen molar-refractivity contribution >= 4 is 46.4 Å². The molecular weight excluding hydrogens is 298 g/mol. The Bertz CT molecular complexity index is 661. The molecule has 0 bridgehead atoms. The van der Waals surface area contributed by atoms with Gasteiger partial charge in [0.2, 0.25) is 11.0 Å². The van der Waals surface area contributed by atoms with Crippen LogP contribution in [0.4, 0.5) is 5.13 Å². The zero-order valence-corrected chi connectivity index (χ0v) is 12.6. The van der Waals surface area contributed by atoms with Gasteiger partial charge >= 0.3 is 0 Å². The molecule has 1 saturated heterocycles. The fourth-order valence-corrected chi connectivity index (χ4v) is 4.08. The van der Waals surface area contributed by atoms with Gasteiger partial charge in [0, 0.05) is 0 Å². The van der Waals surface area contributed by atoms with Crippen molar-refractivity contribution < 1.29 is 4.79 Å². The zero-order valence-electron chi connectivity index (χ0n) is 10.1. The molecular formula is C12H11N3OS3.